The number of fused-ring (bicyclic) bond motifs is 1. The predicted molar refractivity (Wildman–Crippen MR) is 190 cm³/mol. The first-order valence-corrected chi connectivity index (χ1v) is 17.1. The molecule has 2 aromatic rings. The molecule has 0 saturated carbocycles. The number of rotatable bonds is 23. The van der Waals surface area contributed by atoms with Crippen molar-refractivity contribution >= 4 is 34.6 Å². The molecule has 0 heterocycles. The summed E-state index contributed by atoms with van der Waals surface area (Å²) >= 11 is 0. The predicted octanol–water partition coefficient (Wildman–Crippen LogP) is 3.65. The van der Waals surface area contributed by atoms with E-state index in [1.54, 1.807) is 7.11 Å². The van der Waals surface area contributed by atoms with E-state index in [1.807, 2.05) is 70.2 Å². The molecule has 0 aliphatic heterocycles. The number of aliphatic hydroxyl groups is 1. The number of hydrogen-bond acceptors (Lipinski definition) is 8. The van der Waals surface area contributed by atoms with Crippen LogP contribution in [0.5, 0.6) is 0 Å². The Labute approximate surface area is 290 Å². The van der Waals surface area contributed by atoms with E-state index in [4.69, 9.17) is 14.2 Å². The van der Waals surface area contributed by atoms with E-state index in [9.17, 15) is 24.3 Å². The molecule has 0 aliphatic rings. The van der Waals surface area contributed by atoms with E-state index >= 15 is 0 Å². The van der Waals surface area contributed by atoms with Crippen LogP contribution in [0.2, 0.25) is 0 Å². The Bertz CT molecular complexity index is 1330. The smallest absolute Gasteiger partial charge is 0.407 e. The second-order valence-corrected chi connectivity index (χ2v) is 12.7. The number of methoxy groups -OCH3 is 1. The van der Waals surface area contributed by atoms with E-state index in [-0.39, 0.29) is 44.3 Å². The molecule has 0 spiro atoms. The maximum absolute atomic E-state index is 13.8. The van der Waals surface area contributed by atoms with Crippen molar-refractivity contribution in [2.24, 2.45) is 11.8 Å². The summed E-state index contributed by atoms with van der Waals surface area (Å²) in [6, 6.07) is 10.5. The van der Waals surface area contributed by atoms with Crippen LogP contribution in [-0.4, -0.2) is 93.2 Å². The summed E-state index contributed by atoms with van der Waals surface area (Å²) in [5.41, 5.74) is 0.817. The van der Waals surface area contributed by atoms with Crippen molar-refractivity contribution in [3.8, 4) is 0 Å². The number of carbonyl (C=O) groups is 4. The summed E-state index contributed by atoms with van der Waals surface area (Å²) in [7, 11) is 1.56. The SMILES string of the molecule is C=CC[C@H](NC(=O)[C@H](Cc1cccc2ccccc12)NC(=O)OCCOCCOC)C(=O)NC(CC(C)C)C(O)CC(=O)NCC(C)CC. The van der Waals surface area contributed by atoms with Gasteiger partial charge in [-0.1, -0.05) is 82.7 Å². The van der Waals surface area contributed by atoms with Crippen LogP contribution < -0.4 is 21.3 Å². The molecule has 5 atom stereocenters. The summed E-state index contributed by atoms with van der Waals surface area (Å²) in [6.45, 7) is 13.1. The van der Waals surface area contributed by atoms with Crippen LogP contribution in [0.4, 0.5) is 4.79 Å². The van der Waals surface area contributed by atoms with Crippen molar-refractivity contribution in [2.45, 2.75) is 84.0 Å². The van der Waals surface area contributed by atoms with Gasteiger partial charge in [0.25, 0.3) is 0 Å². The van der Waals surface area contributed by atoms with Gasteiger partial charge in [0.05, 0.1) is 38.4 Å². The molecule has 0 fully saturated rings. The summed E-state index contributed by atoms with van der Waals surface area (Å²) in [5.74, 6) is -1.05. The molecular formula is C37H56N4O8. The van der Waals surface area contributed by atoms with Crippen molar-refractivity contribution in [2.75, 3.05) is 40.1 Å². The molecule has 12 nitrogen and oxygen atoms in total. The van der Waals surface area contributed by atoms with Crippen molar-refractivity contribution in [1.82, 2.24) is 21.3 Å². The maximum Gasteiger partial charge on any atom is 0.407 e. The molecule has 0 radical (unpaired) electrons. The van der Waals surface area contributed by atoms with Crippen LogP contribution in [0.1, 0.15) is 58.9 Å². The first-order valence-electron chi connectivity index (χ1n) is 17.1. The Morgan fingerprint density at radius 1 is 0.898 bits per heavy atom. The summed E-state index contributed by atoms with van der Waals surface area (Å²) < 4.78 is 15.5. The lowest BCUT2D eigenvalue weighted by molar-refractivity contribution is -0.131. The minimum absolute atomic E-state index is 0.0329. The number of ether oxygens (including phenoxy) is 3. The molecule has 272 valence electrons. The number of amides is 4. The van der Waals surface area contributed by atoms with E-state index in [0.717, 1.165) is 22.8 Å². The lowest BCUT2D eigenvalue weighted by Crippen LogP contribution is -2.57. The quantitative estimate of drug-likeness (QED) is 0.0875. The Kier molecular flexibility index (Phi) is 19.0. The molecule has 4 amide bonds. The Morgan fingerprint density at radius 2 is 1.59 bits per heavy atom. The molecule has 0 saturated heterocycles. The first kappa shape index (κ1) is 41.2. The van der Waals surface area contributed by atoms with Gasteiger partial charge in [-0.25, -0.2) is 4.79 Å². The molecule has 2 aromatic carbocycles. The highest BCUT2D eigenvalue weighted by Crippen LogP contribution is 2.20. The van der Waals surface area contributed by atoms with Gasteiger partial charge >= 0.3 is 6.09 Å². The van der Waals surface area contributed by atoms with Crippen LogP contribution in [0.25, 0.3) is 10.8 Å². The van der Waals surface area contributed by atoms with E-state index < -0.39 is 42.1 Å². The maximum atomic E-state index is 13.8. The highest BCUT2D eigenvalue weighted by Gasteiger charge is 2.31. The third kappa shape index (κ3) is 15.4. The topological polar surface area (TPSA) is 164 Å². The average Bonchev–Trinajstić information content (AvgIpc) is 3.07. The molecule has 5 N–H and O–H groups in total. The third-order valence-corrected chi connectivity index (χ3v) is 8.10. The van der Waals surface area contributed by atoms with E-state index in [0.29, 0.717) is 32.1 Å². The van der Waals surface area contributed by atoms with Crippen LogP contribution in [-0.2, 0) is 35.0 Å². The van der Waals surface area contributed by atoms with Crippen molar-refractivity contribution in [1.29, 1.82) is 0 Å². The molecule has 0 bridgehead atoms. The van der Waals surface area contributed by atoms with E-state index in [2.05, 4.69) is 27.8 Å². The zero-order valence-corrected chi connectivity index (χ0v) is 29.7. The number of alkyl carbamates (subject to hydrolysis) is 1. The highest BCUT2D eigenvalue weighted by molar-refractivity contribution is 5.93. The number of aliphatic hydroxyl groups excluding tert-OH is 1. The van der Waals surface area contributed by atoms with Crippen LogP contribution in [0.3, 0.4) is 0 Å². The number of carbonyl (C=O) groups excluding carboxylic acids is 4. The molecule has 2 rings (SSSR count). The Balaban J connectivity index is 2.20. The van der Waals surface area contributed by atoms with Crippen LogP contribution in [0.15, 0.2) is 55.1 Å². The third-order valence-electron chi connectivity index (χ3n) is 8.10. The molecule has 12 heteroatoms. The van der Waals surface area contributed by atoms with Gasteiger partial charge in [0, 0.05) is 20.1 Å². The lowest BCUT2D eigenvalue weighted by atomic mass is 9.96. The van der Waals surface area contributed by atoms with Crippen LogP contribution in [0, 0.1) is 11.8 Å². The van der Waals surface area contributed by atoms with Gasteiger partial charge in [0.2, 0.25) is 17.7 Å². The fourth-order valence-corrected chi connectivity index (χ4v) is 5.13. The molecule has 49 heavy (non-hydrogen) atoms. The first-order chi connectivity index (χ1) is 23.5. The summed E-state index contributed by atoms with van der Waals surface area (Å²) in [6.07, 6.45) is 0.901. The van der Waals surface area contributed by atoms with E-state index in [1.165, 1.54) is 6.08 Å². The van der Waals surface area contributed by atoms with Gasteiger partial charge in [0.1, 0.15) is 18.7 Å². The largest absolute Gasteiger partial charge is 0.447 e. The van der Waals surface area contributed by atoms with Crippen molar-refractivity contribution < 1.29 is 38.5 Å². The number of hydrogen-bond donors (Lipinski definition) is 5. The number of nitrogens with one attached hydrogen (secondary N) is 4. The van der Waals surface area contributed by atoms with Gasteiger partial charge < -0.3 is 40.6 Å². The second-order valence-electron chi connectivity index (χ2n) is 12.7. The minimum atomic E-state index is -1.14. The van der Waals surface area contributed by atoms with Gasteiger partial charge in [-0.05, 0) is 41.0 Å². The van der Waals surface area contributed by atoms with Gasteiger partial charge in [-0.3, -0.25) is 14.4 Å². The average molecular weight is 685 g/mol. The normalized spacial score (nSPS) is 14.3. The molecule has 0 aromatic heterocycles. The fourth-order valence-electron chi connectivity index (χ4n) is 5.13. The highest BCUT2D eigenvalue weighted by atomic mass is 16.6. The lowest BCUT2D eigenvalue weighted by Gasteiger charge is -2.28. The Morgan fingerprint density at radius 3 is 2.29 bits per heavy atom. The van der Waals surface area contributed by atoms with Gasteiger partial charge in [-0.2, -0.15) is 0 Å². The summed E-state index contributed by atoms with van der Waals surface area (Å²) in [4.78, 5) is 52.8. The zero-order chi connectivity index (χ0) is 36.2. The zero-order valence-electron chi connectivity index (χ0n) is 29.7. The number of benzene rings is 2. The molecular weight excluding hydrogens is 628 g/mol. The van der Waals surface area contributed by atoms with Crippen molar-refractivity contribution in [3.63, 3.8) is 0 Å². The monoisotopic (exact) mass is 684 g/mol. The minimum Gasteiger partial charge on any atom is -0.447 e. The van der Waals surface area contributed by atoms with Gasteiger partial charge in [0.15, 0.2) is 0 Å². The van der Waals surface area contributed by atoms with Gasteiger partial charge in [-0.15, -0.1) is 6.58 Å². The fraction of sp³-hybridized carbons (Fsp3) is 0.568. The molecule has 3 unspecified atom stereocenters. The molecule has 0 aliphatic carbocycles. The standard InChI is InChI=1S/C37H56N4O8/c1-7-12-30(35(44)40-31(21-25(3)4)33(42)23-34(43)38-24-26(5)8-2)39-36(45)32(41-37(46)49-20-19-48-18-17-47-6)22-28-15-11-14-27-13-9-10-16-29(27)28/h7,9-11,13-16,25-26,30-33,42H,1,8,12,17-24H2,2-6H3,(H,38,43)(H,39,45)(H,40,44)(H,41,46)/t26?,30-,31?,32-,33?/m0/s1. The van der Waals surface area contributed by atoms with Crippen molar-refractivity contribution in [3.05, 3.63) is 60.7 Å². The Hall–Kier alpha value is -4.00. The van der Waals surface area contributed by atoms with Crippen LogP contribution >= 0.6 is 0 Å². The summed E-state index contributed by atoms with van der Waals surface area (Å²) in [5, 5.41) is 24.0. The second kappa shape index (κ2) is 22.6.